The number of likely N-dealkylation sites (N-methyl/N-ethyl adjacent to an activating group) is 1. The molecule has 3 nitrogen and oxygen atoms in total. The van der Waals surface area contributed by atoms with E-state index in [2.05, 4.69) is 37.5 Å². The first-order chi connectivity index (χ1) is 14.8. The van der Waals surface area contributed by atoms with Crippen molar-refractivity contribution < 1.29 is 9.59 Å². The second kappa shape index (κ2) is 18.9. The fraction of sp³-hybridized carbons (Fsp3) is 0.852. The number of rotatable bonds is 21. The van der Waals surface area contributed by atoms with E-state index in [0.717, 1.165) is 17.6 Å². The molecule has 2 atom stereocenters. The Hall–Kier alpha value is -0.800. The van der Waals surface area contributed by atoms with Crippen molar-refractivity contribution in [1.82, 2.24) is 5.32 Å². The molecule has 0 spiro atoms. The zero-order valence-corrected chi connectivity index (χ0v) is 20.4. The lowest BCUT2D eigenvalue weighted by atomic mass is 10.0. The third-order valence-corrected chi connectivity index (χ3v) is 6.84. The summed E-state index contributed by atoms with van der Waals surface area (Å²) in [6, 6.07) is 0. The van der Waals surface area contributed by atoms with Crippen molar-refractivity contribution >= 4 is 0 Å². The summed E-state index contributed by atoms with van der Waals surface area (Å²) in [6.45, 7) is 6.53. The zero-order chi connectivity index (χ0) is 21.8. The van der Waals surface area contributed by atoms with Gasteiger partial charge in [0.1, 0.15) is 12.7 Å². The van der Waals surface area contributed by atoms with Gasteiger partial charge in [-0.25, -0.2) is 0 Å². The second-order valence-corrected chi connectivity index (χ2v) is 9.31. The lowest BCUT2D eigenvalue weighted by molar-refractivity contribution is -0.892. The van der Waals surface area contributed by atoms with Gasteiger partial charge in [0.15, 0.2) is 6.17 Å². The molecule has 176 valence electrons. The maximum atomic E-state index is 9.37. The van der Waals surface area contributed by atoms with Crippen molar-refractivity contribution in [3.05, 3.63) is 24.6 Å². The van der Waals surface area contributed by atoms with Crippen molar-refractivity contribution in [3.8, 4) is 0 Å². The van der Waals surface area contributed by atoms with Crippen LogP contribution in [0.2, 0.25) is 0 Å². The summed E-state index contributed by atoms with van der Waals surface area (Å²) >= 11 is 0. The Labute approximate surface area is 188 Å². The van der Waals surface area contributed by atoms with E-state index in [1.54, 1.807) is 0 Å². The predicted molar refractivity (Wildman–Crippen MR) is 132 cm³/mol. The Morgan fingerprint density at radius 1 is 0.767 bits per heavy atom. The van der Waals surface area contributed by atoms with Gasteiger partial charge in [-0.2, -0.15) is 0 Å². The quantitative estimate of drug-likeness (QED) is 0.115. The van der Waals surface area contributed by atoms with Gasteiger partial charge < -0.3 is 10.4 Å². The summed E-state index contributed by atoms with van der Waals surface area (Å²) in [6.07, 6.45) is 33.2. The maximum Gasteiger partial charge on any atom is 0.185 e. The van der Waals surface area contributed by atoms with Gasteiger partial charge in [0.25, 0.3) is 0 Å². The summed E-state index contributed by atoms with van der Waals surface area (Å²) in [7, 11) is 0. The van der Waals surface area contributed by atoms with E-state index >= 15 is 0 Å². The van der Waals surface area contributed by atoms with E-state index in [1.807, 2.05) is 6.20 Å². The highest BCUT2D eigenvalue weighted by Crippen LogP contribution is 2.19. The van der Waals surface area contributed by atoms with Gasteiger partial charge in [-0.1, -0.05) is 109 Å². The van der Waals surface area contributed by atoms with Crippen molar-refractivity contribution in [2.24, 2.45) is 0 Å². The van der Waals surface area contributed by atoms with Crippen LogP contribution < -0.4 is 5.32 Å². The monoisotopic (exact) mass is 421 g/mol. The molecule has 0 aromatic rings. The molecule has 3 heteroatoms. The Bertz CT molecular complexity index is 435. The molecule has 2 N–H and O–H groups in total. The number of unbranched alkanes of at least 4 members (excludes halogenated alkanes) is 16. The van der Waals surface area contributed by atoms with Gasteiger partial charge in [0.2, 0.25) is 0 Å². The molecule has 0 aromatic heterocycles. The molecule has 0 aliphatic carbocycles. The molecule has 0 fully saturated rings. The fourth-order valence-corrected chi connectivity index (χ4v) is 4.65. The van der Waals surface area contributed by atoms with Crippen LogP contribution in [0.25, 0.3) is 0 Å². The van der Waals surface area contributed by atoms with Gasteiger partial charge in [0, 0.05) is 0 Å². The highest BCUT2D eigenvalue weighted by atomic mass is 16.3. The summed E-state index contributed by atoms with van der Waals surface area (Å²) < 4.78 is 0.825. The minimum Gasteiger partial charge on any atom is -0.390 e. The number of allylic oxidation sites excluding steroid dienone is 1. The largest absolute Gasteiger partial charge is 0.390 e. The van der Waals surface area contributed by atoms with Crippen LogP contribution in [-0.2, 0) is 0 Å². The van der Waals surface area contributed by atoms with E-state index in [9.17, 15) is 5.11 Å². The van der Waals surface area contributed by atoms with Crippen LogP contribution in [0, 0.1) is 0 Å². The molecule has 1 rings (SSSR count). The van der Waals surface area contributed by atoms with Crippen LogP contribution in [0.1, 0.15) is 123 Å². The Kier molecular flexibility index (Phi) is 17.2. The Balaban J connectivity index is 1.86. The second-order valence-electron chi connectivity index (χ2n) is 9.31. The number of nitrogens with zero attached hydrogens (tertiary/aromatic N) is 1. The minimum absolute atomic E-state index is 0.239. The van der Waals surface area contributed by atoms with Crippen molar-refractivity contribution in [3.63, 3.8) is 0 Å². The molecule has 1 aliphatic heterocycles. The number of aliphatic hydroxyl groups is 1. The van der Waals surface area contributed by atoms with Crippen molar-refractivity contribution in [2.45, 2.75) is 129 Å². The molecule has 0 saturated carbocycles. The van der Waals surface area contributed by atoms with E-state index in [4.69, 9.17) is 0 Å². The van der Waals surface area contributed by atoms with E-state index in [1.165, 1.54) is 109 Å². The Morgan fingerprint density at radius 3 is 1.73 bits per heavy atom. The molecule has 2 unspecified atom stereocenters. The number of hydrogen-bond donors (Lipinski definition) is 2. The number of hydrogen-bond acceptors (Lipinski definition) is 2. The average Bonchev–Trinajstić information content (AvgIpc) is 3.16. The highest BCUT2D eigenvalue weighted by molar-refractivity contribution is 4.97. The standard InChI is InChI=1S/C27H53N2O/c1-3-5-6-7-8-9-10-11-12-13-14-15-16-17-18-19-20-21-22-27-28-23-24-29(27,4-2)25-26-30/h21-24,27-28,30H,3-20,25-26H2,1-2H3/q+1/b22-21+. The van der Waals surface area contributed by atoms with Gasteiger partial charge in [0.05, 0.1) is 19.4 Å². The maximum absolute atomic E-state index is 9.37. The first-order valence-corrected chi connectivity index (χ1v) is 13.4. The van der Waals surface area contributed by atoms with Gasteiger partial charge in [-0.15, -0.1) is 0 Å². The normalized spacial score (nSPS) is 21.0. The third kappa shape index (κ3) is 12.2. The van der Waals surface area contributed by atoms with Gasteiger partial charge in [-0.3, -0.25) is 4.48 Å². The molecule has 1 aliphatic rings. The summed E-state index contributed by atoms with van der Waals surface area (Å²) in [5, 5.41) is 12.8. The molecular formula is C27H53N2O+. The average molecular weight is 422 g/mol. The van der Waals surface area contributed by atoms with Crippen molar-refractivity contribution in [2.75, 3.05) is 19.7 Å². The molecule has 1 heterocycles. The van der Waals surface area contributed by atoms with Crippen LogP contribution in [-0.4, -0.2) is 35.5 Å². The van der Waals surface area contributed by atoms with Crippen LogP contribution in [0.15, 0.2) is 24.6 Å². The van der Waals surface area contributed by atoms with Crippen LogP contribution in [0.3, 0.4) is 0 Å². The molecule has 0 amide bonds. The SMILES string of the molecule is CCCCCCCCCCCCCCCCCC/C=C/C1NC=C[N+]1(CC)CCO. The highest BCUT2D eigenvalue weighted by Gasteiger charge is 2.34. The number of quaternary nitrogens is 1. The molecule has 0 radical (unpaired) electrons. The van der Waals surface area contributed by atoms with E-state index in [-0.39, 0.29) is 6.61 Å². The minimum atomic E-state index is 0.239. The van der Waals surface area contributed by atoms with Gasteiger partial charge >= 0.3 is 0 Å². The molecule has 0 saturated heterocycles. The summed E-state index contributed by atoms with van der Waals surface area (Å²) in [4.78, 5) is 0. The van der Waals surface area contributed by atoms with Crippen molar-refractivity contribution in [1.29, 1.82) is 0 Å². The molecule has 0 bridgehead atoms. The van der Waals surface area contributed by atoms with Gasteiger partial charge in [-0.05, 0) is 25.8 Å². The smallest absolute Gasteiger partial charge is 0.185 e. The first kappa shape index (κ1) is 27.2. The summed E-state index contributed by atoms with van der Waals surface area (Å²) in [5.41, 5.74) is 0. The molecule has 30 heavy (non-hydrogen) atoms. The lowest BCUT2D eigenvalue weighted by Gasteiger charge is -2.34. The molecule has 0 aromatic carbocycles. The zero-order valence-electron chi connectivity index (χ0n) is 20.4. The first-order valence-electron chi connectivity index (χ1n) is 13.4. The predicted octanol–water partition coefficient (Wildman–Crippen LogP) is 7.42. The summed E-state index contributed by atoms with van der Waals surface area (Å²) in [5.74, 6) is 0. The van der Waals surface area contributed by atoms with Crippen LogP contribution in [0.5, 0.6) is 0 Å². The molecular weight excluding hydrogens is 368 g/mol. The van der Waals surface area contributed by atoms with Crippen LogP contribution >= 0.6 is 0 Å². The Morgan fingerprint density at radius 2 is 1.27 bits per heavy atom. The topological polar surface area (TPSA) is 32.3 Å². The lowest BCUT2D eigenvalue weighted by Crippen LogP contribution is -2.53. The number of aliphatic hydroxyl groups excluding tert-OH is 1. The van der Waals surface area contributed by atoms with Crippen LogP contribution in [0.4, 0.5) is 0 Å². The third-order valence-electron chi connectivity index (χ3n) is 6.84. The van der Waals surface area contributed by atoms with E-state index < -0.39 is 0 Å². The van der Waals surface area contributed by atoms with E-state index in [0.29, 0.717) is 6.17 Å². The fourth-order valence-electron chi connectivity index (χ4n) is 4.65. The number of nitrogens with one attached hydrogen (secondary N) is 1.